The topological polar surface area (TPSA) is 98.2 Å². The third-order valence-corrected chi connectivity index (χ3v) is 5.12. The summed E-state index contributed by atoms with van der Waals surface area (Å²) in [5, 5.41) is 10.7. The Morgan fingerprint density at radius 2 is 2.07 bits per heavy atom. The molecule has 2 N–H and O–H groups in total. The number of hydrogen-bond acceptors (Lipinski definition) is 6. The molecule has 0 saturated carbocycles. The molecule has 27 heavy (non-hydrogen) atoms. The first-order chi connectivity index (χ1) is 12.8. The molecule has 0 fully saturated rings. The zero-order valence-corrected chi connectivity index (χ0v) is 16.1. The average Bonchev–Trinajstić information content (AvgIpc) is 2.64. The van der Waals surface area contributed by atoms with Gasteiger partial charge < -0.3 is 15.2 Å². The van der Waals surface area contributed by atoms with Gasteiger partial charge in [0.1, 0.15) is 22.6 Å². The third kappa shape index (κ3) is 3.00. The van der Waals surface area contributed by atoms with E-state index in [0.717, 1.165) is 22.0 Å². The van der Waals surface area contributed by atoms with Crippen molar-refractivity contribution in [3.63, 3.8) is 0 Å². The van der Waals surface area contributed by atoms with Gasteiger partial charge in [-0.1, -0.05) is 23.7 Å². The molecule has 7 heteroatoms. The summed E-state index contributed by atoms with van der Waals surface area (Å²) in [5.41, 5.74) is 9.55. The fourth-order valence-corrected chi connectivity index (χ4v) is 3.49. The van der Waals surface area contributed by atoms with Gasteiger partial charge in [0.05, 0.1) is 24.1 Å². The fraction of sp³-hybridized carbons (Fsp3) is 0.250. The van der Waals surface area contributed by atoms with Crippen LogP contribution in [0, 0.1) is 25.2 Å². The first-order valence-electron chi connectivity index (χ1n) is 8.23. The maximum Gasteiger partial charge on any atom is 0.338 e. The minimum absolute atomic E-state index is 0.0658. The van der Waals surface area contributed by atoms with E-state index in [-0.39, 0.29) is 27.9 Å². The highest BCUT2D eigenvalue weighted by Gasteiger charge is 2.37. The minimum atomic E-state index is -0.817. The van der Waals surface area contributed by atoms with Crippen molar-refractivity contribution in [3.8, 4) is 6.07 Å². The van der Waals surface area contributed by atoms with E-state index in [0.29, 0.717) is 5.56 Å². The standard InChI is InChI=1S/C20H18ClN3O3/c1-9-5-6-12-7-13(18(21)24-17(12)10(9)2)16-14(8-22)19(23)27-11(3)15(16)20(25)26-4/h5-7,16H,23H2,1-4H3. The normalized spacial score (nSPS) is 17.0. The molecule has 0 aliphatic carbocycles. The number of allylic oxidation sites excluding steroid dienone is 2. The number of pyridine rings is 1. The highest BCUT2D eigenvalue weighted by atomic mass is 35.5. The van der Waals surface area contributed by atoms with Gasteiger partial charge in [-0.3, -0.25) is 0 Å². The number of carbonyl (C=O) groups excluding carboxylic acids is 1. The second-order valence-electron chi connectivity index (χ2n) is 6.33. The SMILES string of the molecule is COC(=O)C1=C(C)OC(N)=C(C#N)C1c1cc2ccc(C)c(C)c2nc1Cl. The molecule has 0 bridgehead atoms. The van der Waals surface area contributed by atoms with Crippen LogP contribution in [0.5, 0.6) is 0 Å². The predicted octanol–water partition coefficient (Wildman–Crippen LogP) is 3.76. The highest BCUT2D eigenvalue weighted by molar-refractivity contribution is 6.31. The van der Waals surface area contributed by atoms with Crippen LogP contribution in [-0.2, 0) is 14.3 Å². The lowest BCUT2D eigenvalue weighted by Gasteiger charge is -2.27. The summed E-state index contributed by atoms with van der Waals surface area (Å²) < 4.78 is 10.3. The molecular weight excluding hydrogens is 366 g/mol. The number of ether oxygens (including phenoxy) is 2. The van der Waals surface area contributed by atoms with E-state index in [1.54, 1.807) is 6.92 Å². The Labute approximate surface area is 161 Å². The number of aromatic nitrogens is 1. The van der Waals surface area contributed by atoms with Crippen molar-refractivity contribution in [2.45, 2.75) is 26.7 Å². The van der Waals surface area contributed by atoms with Crippen molar-refractivity contribution in [2.24, 2.45) is 5.73 Å². The van der Waals surface area contributed by atoms with Crippen molar-refractivity contribution < 1.29 is 14.3 Å². The Hall–Kier alpha value is -3.04. The lowest BCUT2D eigenvalue weighted by molar-refractivity contribution is -0.136. The number of methoxy groups -OCH3 is 1. The number of fused-ring (bicyclic) bond motifs is 1. The predicted molar refractivity (Wildman–Crippen MR) is 102 cm³/mol. The van der Waals surface area contributed by atoms with Gasteiger partial charge in [0, 0.05) is 10.9 Å². The number of halogens is 1. The quantitative estimate of drug-likeness (QED) is 0.626. The van der Waals surface area contributed by atoms with Gasteiger partial charge >= 0.3 is 5.97 Å². The number of aryl methyl sites for hydroxylation is 2. The molecule has 0 amide bonds. The Morgan fingerprint density at radius 1 is 1.37 bits per heavy atom. The highest BCUT2D eigenvalue weighted by Crippen LogP contribution is 2.42. The first kappa shape index (κ1) is 18.7. The summed E-state index contributed by atoms with van der Waals surface area (Å²) >= 11 is 6.49. The van der Waals surface area contributed by atoms with Crippen LogP contribution in [0.2, 0.25) is 5.15 Å². The Balaban J connectivity index is 2.32. The second kappa shape index (κ2) is 6.93. The average molecular weight is 384 g/mol. The lowest BCUT2D eigenvalue weighted by atomic mass is 9.83. The number of hydrogen-bond donors (Lipinski definition) is 1. The molecule has 0 radical (unpaired) electrons. The molecule has 1 aliphatic heterocycles. The van der Waals surface area contributed by atoms with Gasteiger partial charge in [0.15, 0.2) is 0 Å². The minimum Gasteiger partial charge on any atom is -0.466 e. The number of esters is 1. The zero-order valence-electron chi connectivity index (χ0n) is 15.4. The molecule has 1 aromatic carbocycles. The van der Waals surface area contributed by atoms with Crippen LogP contribution >= 0.6 is 11.6 Å². The fourth-order valence-electron chi connectivity index (χ4n) is 3.25. The molecule has 0 saturated heterocycles. The lowest BCUT2D eigenvalue weighted by Crippen LogP contribution is -2.25. The number of nitrogens with zero attached hydrogens (tertiary/aromatic N) is 2. The summed E-state index contributed by atoms with van der Waals surface area (Å²) in [6, 6.07) is 7.77. The number of nitriles is 1. The number of carbonyl (C=O) groups is 1. The Bertz CT molecular complexity index is 1080. The largest absolute Gasteiger partial charge is 0.466 e. The second-order valence-corrected chi connectivity index (χ2v) is 6.69. The molecule has 1 aromatic heterocycles. The van der Waals surface area contributed by atoms with E-state index in [4.69, 9.17) is 26.8 Å². The van der Waals surface area contributed by atoms with Gasteiger partial charge in [0.2, 0.25) is 5.88 Å². The van der Waals surface area contributed by atoms with E-state index in [2.05, 4.69) is 4.98 Å². The maximum absolute atomic E-state index is 12.4. The van der Waals surface area contributed by atoms with Gasteiger partial charge in [-0.25, -0.2) is 9.78 Å². The smallest absolute Gasteiger partial charge is 0.338 e. The van der Waals surface area contributed by atoms with E-state index < -0.39 is 11.9 Å². The summed E-state index contributed by atoms with van der Waals surface area (Å²) in [4.78, 5) is 16.9. The summed E-state index contributed by atoms with van der Waals surface area (Å²) in [7, 11) is 1.26. The van der Waals surface area contributed by atoms with E-state index in [1.807, 2.05) is 38.1 Å². The Morgan fingerprint density at radius 3 is 2.70 bits per heavy atom. The van der Waals surface area contributed by atoms with Gasteiger partial charge in [-0.2, -0.15) is 5.26 Å². The molecule has 6 nitrogen and oxygen atoms in total. The van der Waals surface area contributed by atoms with Crippen LogP contribution in [0.4, 0.5) is 0 Å². The molecular formula is C20H18ClN3O3. The van der Waals surface area contributed by atoms with Crippen LogP contribution in [-0.4, -0.2) is 18.1 Å². The maximum atomic E-state index is 12.4. The molecule has 2 aromatic rings. The van der Waals surface area contributed by atoms with Crippen LogP contribution in [0.1, 0.15) is 29.5 Å². The molecule has 1 unspecified atom stereocenters. The van der Waals surface area contributed by atoms with E-state index >= 15 is 0 Å². The summed E-state index contributed by atoms with van der Waals surface area (Å²) in [5.74, 6) is -1.24. The van der Waals surface area contributed by atoms with Crippen LogP contribution in [0.15, 0.2) is 41.0 Å². The zero-order chi connectivity index (χ0) is 19.9. The number of benzene rings is 1. The molecule has 138 valence electrons. The monoisotopic (exact) mass is 383 g/mol. The summed E-state index contributed by atoms with van der Waals surface area (Å²) in [6.07, 6.45) is 0. The number of nitrogens with two attached hydrogens (primary N) is 1. The van der Waals surface area contributed by atoms with Gasteiger partial charge in [-0.15, -0.1) is 0 Å². The Kier molecular flexibility index (Phi) is 4.81. The van der Waals surface area contributed by atoms with Crippen LogP contribution in [0.3, 0.4) is 0 Å². The van der Waals surface area contributed by atoms with Gasteiger partial charge in [0.25, 0.3) is 0 Å². The van der Waals surface area contributed by atoms with Crippen LogP contribution < -0.4 is 5.73 Å². The van der Waals surface area contributed by atoms with Crippen molar-refractivity contribution in [1.82, 2.24) is 4.98 Å². The van der Waals surface area contributed by atoms with Crippen LogP contribution in [0.25, 0.3) is 10.9 Å². The van der Waals surface area contributed by atoms with Crippen molar-refractivity contribution in [1.29, 1.82) is 5.26 Å². The third-order valence-electron chi connectivity index (χ3n) is 4.81. The van der Waals surface area contributed by atoms with E-state index in [1.165, 1.54) is 7.11 Å². The molecule has 2 heterocycles. The first-order valence-corrected chi connectivity index (χ1v) is 8.61. The number of rotatable bonds is 2. The summed E-state index contributed by atoms with van der Waals surface area (Å²) in [6.45, 7) is 5.56. The molecule has 1 atom stereocenters. The molecule has 0 spiro atoms. The molecule has 3 rings (SSSR count). The molecule has 1 aliphatic rings. The van der Waals surface area contributed by atoms with Crippen molar-refractivity contribution in [3.05, 3.63) is 62.8 Å². The van der Waals surface area contributed by atoms with Crippen molar-refractivity contribution >= 4 is 28.5 Å². The van der Waals surface area contributed by atoms with E-state index in [9.17, 15) is 10.1 Å². The van der Waals surface area contributed by atoms with Crippen molar-refractivity contribution in [2.75, 3.05) is 7.11 Å². The van der Waals surface area contributed by atoms with Gasteiger partial charge in [-0.05, 0) is 38.0 Å².